The number of carbonyl (C=O) groups excluding carboxylic acids is 1. The van der Waals surface area contributed by atoms with Crippen LogP contribution in [0.25, 0.3) is 0 Å². The van der Waals surface area contributed by atoms with E-state index in [1.165, 1.54) is 32.4 Å². The number of ether oxygens (including phenoxy) is 2. The Hall–Kier alpha value is -2.54. The number of hydrogen-bond acceptors (Lipinski definition) is 5. The van der Waals surface area contributed by atoms with Crippen LogP contribution in [0.15, 0.2) is 48.5 Å². The second-order valence-electron chi connectivity index (χ2n) is 4.75. The van der Waals surface area contributed by atoms with Gasteiger partial charge in [0.1, 0.15) is 11.3 Å². The van der Waals surface area contributed by atoms with Gasteiger partial charge in [-0.15, -0.1) is 0 Å². The van der Waals surface area contributed by atoms with Crippen LogP contribution in [0.5, 0.6) is 5.75 Å². The van der Waals surface area contributed by atoms with Crippen molar-refractivity contribution in [3.8, 4) is 5.75 Å². The summed E-state index contributed by atoms with van der Waals surface area (Å²) in [6, 6.07) is 13.2. The van der Waals surface area contributed by atoms with Crippen molar-refractivity contribution >= 4 is 21.7 Å². The summed E-state index contributed by atoms with van der Waals surface area (Å²) in [5, 5.41) is 0. The lowest BCUT2D eigenvalue weighted by atomic mass is 10.2. The smallest absolute Gasteiger partial charge is 0.341 e. The fraction of sp³-hybridized carbons (Fsp3) is 0.188. The summed E-state index contributed by atoms with van der Waals surface area (Å²) in [4.78, 5) is 11.6. The van der Waals surface area contributed by atoms with Gasteiger partial charge in [0.2, 0.25) is 10.0 Å². The average molecular weight is 335 g/mol. The standard InChI is InChI=1S/C16H17NO5S/c1-21-15-10-13(8-9-14(15)16(18)22-2)17-23(19,20)11-12-6-4-3-5-7-12/h3-10,17H,11H2,1-2H3. The molecule has 0 saturated heterocycles. The van der Waals surface area contributed by atoms with E-state index in [2.05, 4.69) is 9.46 Å². The summed E-state index contributed by atoms with van der Waals surface area (Å²) in [6.45, 7) is 0. The van der Waals surface area contributed by atoms with Crippen LogP contribution in [0.4, 0.5) is 5.69 Å². The van der Waals surface area contributed by atoms with E-state index < -0.39 is 16.0 Å². The summed E-state index contributed by atoms with van der Waals surface area (Å²) in [6.07, 6.45) is 0. The maximum Gasteiger partial charge on any atom is 0.341 e. The van der Waals surface area contributed by atoms with E-state index in [1.54, 1.807) is 24.3 Å². The van der Waals surface area contributed by atoms with E-state index in [-0.39, 0.29) is 17.1 Å². The third-order valence-corrected chi connectivity index (χ3v) is 4.34. The molecule has 0 amide bonds. The van der Waals surface area contributed by atoms with E-state index in [9.17, 15) is 13.2 Å². The Morgan fingerprint density at radius 3 is 2.39 bits per heavy atom. The summed E-state index contributed by atoms with van der Waals surface area (Å²) in [7, 11) is -0.918. The van der Waals surface area contributed by atoms with Gasteiger partial charge in [-0.05, 0) is 17.7 Å². The summed E-state index contributed by atoms with van der Waals surface area (Å²) < 4.78 is 36.6. The molecule has 6 nitrogen and oxygen atoms in total. The van der Waals surface area contributed by atoms with E-state index in [4.69, 9.17) is 4.74 Å². The summed E-state index contributed by atoms with van der Waals surface area (Å²) in [5.41, 5.74) is 1.21. The van der Waals surface area contributed by atoms with E-state index in [1.807, 2.05) is 6.07 Å². The molecule has 0 aliphatic carbocycles. The van der Waals surface area contributed by atoms with Crippen molar-refractivity contribution in [3.05, 3.63) is 59.7 Å². The van der Waals surface area contributed by atoms with Gasteiger partial charge in [0.05, 0.1) is 25.7 Å². The number of anilines is 1. The van der Waals surface area contributed by atoms with Crippen LogP contribution >= 0.6 is 0 Å². The first-order chi connectivity index (χ1) is 10.9. The number of sulfonamides is 1. The first-order valence-corrected chi connectivity index (χ1v) is 8.41. The molecule has 0 spiro atoms. The molecular weight excluding hydrogens is 318 g/mol. The Kier molecular flexibility index (Phi) is 5.23. The topological polar surface area (TPSA) is 81.7 Å². The molecule has 0 saturated carbocycles. The molecular formula is C16H17NO5S. The van der Waals surface area contributed by atoms with Crippen molar-refractivity contribution in [3.63, 3.8) is 0 Å². The van der Waals surface area contributed by atoms with Crippen LogP contribution in [0, 0.1) is 0 Å². The van der Waals surface area contributed by atoms with Gasteiger partial charge in [-0.2, -0.15) is 0 Å². The Bertz CT molecular complexity index is 787. The van der Waals surface area contributed by atoms with Crippen LogP contribution in [0.3, 0.4) is 0 Å². The highest BCUT2D eigenvalue weighted by atomic mass is 32.2. The van der Waals surface area contributed by atoms with Crippen molar-refractivity contribution in [2.75, 3.05) is 18.9 Å². The highest BCUT2D eigenvalue weighted by molar-refractivity contribution is 7.91. The maximum atomic E-state index is 12.2. The molecule has 0 bridgehead atoms. The second-order valence-corrected chi connectivity index (χ2v) is 6.48. The predicted octanol–water partition coefficient (Wildman–Crippen LogP) is 2.42. The number of esters is 1. The largest absolute Gasteiger partial charge is 0.496 e. The van der Waals surface area contributed by atoms with Gasteiger partial charge in [0, 0.05) is 6.07 Å². The number of benzene rings is 2. The minimum absolute atomic E-state index is 0.144. The monoisotopic (exact) mass is 335 g/mol. The predicted molar refractivity (Wildman–Crippen MR) is 87.0 cm³/mol. The third kappa shape index (κ3) is 4.46. The zero-order valence-corrected chi connectivity index (χ0v) is 13.6. The lowest BCUT2D eigenvalue weighted by Gasteiger charge is -2.11. The van der Waals surface area contributed by atoms with Crippen LogP contribution in [0.1, 0.15) is 15.9 Å². The molecule has 1 N–H and O–H groups in total. The zero-order valence-electron chi connectivity index (χ0n) is 12.8. The van der Waals surface area contributed by atoms with Gasteiger partial charge in [-0.3, -0.25) is 4.72 Å². The Morgan fingerprint density at radius 2 is 1.78 bits per heavy atom. The van der Waals surface area contributed by atoms with E-state index in [0.29, 0.717) is 11.3 Å². The molecule has 7 heteroatoms. The van der Waals surface area contributed by atoms with Crippen molar-refractivity contribution in [1.82, 2.24) is 0 Å². The second kappa shape index (κ2) is 7.15. The Morgan fingerprint density at radius 1 is 1.09 bits per heavy atom. The third-order valence-electron chi connectivity index (χ3n) is 3.08. The van der Waals surface area contributed by atoms with Gasteiger partial charge >= 0.3 is 5.97 Å². The molecule has 0 aliphatic heterocycles. The molecule has 0 heterocycles. The minimum Gasteiger partial charge on any atom is -0.496 e. The number of rotatable bonds is 6. The van der Waals surface area contributed by atoms with Crippen LogP contribution in [0.2, 0.25) is 0 Å². The zero-order chi connectivity index (χ0) is 16.9. The fourth-order valence-corrected chi connectivity index (χ4v) is 3.23. The minimum atomic E-state index is -3.57. The van der Waals surface area contributed by atoms with Gasteiger partial charge in [-0.25, -0.2) is 13.2 Å². The SMILES string of the molecule is COC(=O)c1ccc(NS(=O)(=O)Cc2ccccc2)cc1OC. The van der Waals surface area contributed by atoms with Crippen LogP contribution in [-0.2, 0) is 20.5 Å². The van der Waals surface area contributed by atoms with Gasteiger partial charge < -0.3 is 9.47 Å². The Labute approximate surface area is 135 Å². The molecule has 0 aromatic heterocycles. The number of methoxy groups -OCH3 is 2. The highest BCUT2D eigenvalue weighted by Gasteiger charge is 2.16. The molecule has 2 aromatic rings. The van der Waals surface area contributed by atoms with Crippen LogP contribution < -0.4 is 9.46 Å². The van der Waals surface area contributed by atoms with E-state index >= 15 is 0 Å². The molecule has 2 rings (SSSR count). The van der Waals surface area contributed by atoms with Crippen molar-refractivity contribution < 1.29 is 22.7 Å². The lowest BCUT2D eigenvalue weighted by molar-refractivity contribution is 0.0597. The molecule has 0 unspecified atom stereocenters. The Balaban J connectivity index is 2.21. The average Bonchev–Trinajstić information content (AvgIpc) is 2.54. The van der Waals surface area contributed by atoms with Crippen molar-refractivity contribution in [2.24, 2.45) is 0 Å². The quantitative estimate of drug-likeness (QED) is 0.820. The fourth-order valence-electron chi connectivity index (χ4n) is 2.04. The number of hydrogen-bond donors (Lipinski definition) is 1. The lowest BCUT2D eigenvalue weighted by Crippen LogP contribution is -2.15. The molecule has 0 aliphatic rings. The molecule has 0 fully saturated rings. The van der Waals surface area contributed by atoms with Crippen molar-refractivity contribution in [1.29, 1.82) is 0 Å². The number of nitrogens with one attached hydrogen (secondary N) is 1. The van der Waals surface area contributed by atoms with E-state index in [0.717, 1.165) is 0 Å². The van der Waals surface area contributed by atoms with Gasteiger partial charge in [-0.1, -0.05) is 30.3 Å². The normalized spacial score (nSPS) is 10.9. The molecule has 23 heavy (non-hydrogen) atoms. The highest BCUT2D eigenvalue weighted by Crippen LogP contribution is 2.25. The number of carbonyl (C=O) groups is 1. The molecule has 122 valence electrons. The van der Waals surface area contributed by atoms with Gasteiger partial charge in [0.15, 0.2) is 0 Å². The first kappa shape index (κ1) is 16.8. The molecule has 0 atom stereocenters. The van der Waals surface area contributed by atoms with Crippen molar-refractivity contribution in [2.45, 2.75) is 5.75 Å². The summed E-state index contributed by atoms with van der Waals surface area (Å²) >= 11 is 0. The molecule has 2 aromatic carbocycles. The maximum absolute atomic E-state index is 12.2. The first-order valence-electron chi connectivity index (χ1n) is 6.76. The summed E-state index contributed by atoms with van der Waals surface area (Å²) in [5.74, 6) is -0.466. The van der Waals surface area contributed by atoms with Crippen LogP contribution in [-0.4, -0.2) is 28.6 Å². The molecule has 0 radical (unpaired) electrons. The van der Waals surface area contributed by atoms with Gasteiger partial charge in [0.25, 0.3) is 0 Å².